The van der Waals surface area contributed by atoms with E-state index < -0.39 is 10.8 Å². The molecular weight excluding hydrogens is 362 g/mol. The van der Waals surface area contributed by atoms with Crippen LogP contribution in [0, 0.1) is 10.1 Å². The van der Waals surface area contributed by atoms with E-state index in [1.807, 2.05) is 42.5 Å². The Balaban J connectivity index is 1.57. The Morgan fingerprint density at radius 1 is 1.00 bits per heavy atom. The molecule has 0 fully saturated rings. The quantitative estimate of drug-likeness (QED) is 0.307. The summed E-state index contributed by atoms with van der Waals surface area (Å²) in [5.74, 6) is -0.397. The zero-order valence-corrected chi connectivity index (χ0v) is 14.9. The highest BCUT2D eigenvalue weighted by Crippen LogP contribution is 2.18. The first kappa shape index (κ1) is 18.2. The van der Waals surface area contributed by atoms with Crippen molar-refractivity contribution in [3.8, 4) is 0 Å². The molecule has 3 aromatic rings. The molecule has 7 heteroatoms. The van der Waals surface area contributed by atoms with Crippen LogP contribution in [0.2, 0.25) is 0 Å². The zero-order chi connectivity index (χ0) is 19.2. The van der Waals surface area contributed by atoms with Crippen molar-refractivity contribution in [3.05, 3.63) is 88.5 Å². The predicted molar refractivity (Wildman–Crippen MR) is 110 cm³/mol. The van der Waals surface area contributed by atoms with E-state index in [1.165, 1.54) is 18.2 Å². The summed E-state index contributed by atoms with van der Waals surface area (Å²) in [6.45, 7) is 0. The Morgan fingerprint density at radius 3 is 2.41 bits per heavy atom. The van der Waals surface area contributed by atoms with Crippen LogP contribution in [0.15, 0.2) is 72.8 Å². The summed E-state index contributed by atoms with van der Waals surface area (Å²) >= 11 is 5.16. The second-order valence-electron chi connectivity index (χ2n) is 5.69. The van der Waals surface area contributed by atoms with Gasteiger partial charge in [-0.3, -0.25) is 20.2 Å². The second-order valence-corrected chi connectivity index (χ2v) is 6.10. The average molecular weight is 377 g/mol. The highest BCUT2D eigenvalue weighted by molar-refractivity contribution is 7.80. The van der Waals surface area contributed by atoms with Crippen molar-refractivity contribution in [1.82, 2.24) is 5.32 Å². The summed E-state index contributed by atoms with van der Waals surface area (Å²) < 4.78 is 0. The van der Waals surface area contributed by atoms with Crippen molar-refractivity contribution in [3.63, 3.8) is 0 Å². The lowest BCUT2D eigenvalue weighted by molar-refractivity contribution is -0.384. The minimum absolute atomic E-state index is 0.00244. The van der Waals surface area contributed by atoms with E-state index >= 15 is 0 Å². The number of nitrogens with zero attached hydrogens (tertiary/aromatic N) is 1. The Labute approximate surface area is 160 Å². The molecule has 0 bridgehead atoms. The highest BCUT2D eigenvalue weighted by Gasteiger charge is 2.04. The molecule has 0 aliphatic rings. The molecule has 0 unspecified atom stereocenters. The molecular formula is C20H15N3O3S. The predicted octanol–water partition coefficient (Wildman–Crippen LogP) is 4.27. The van der Waals surface area contributed by atoms with Crippen LogP contribution in [0.25, 0.3) is 16.8 Å². The van der Waals surface area contributed by atoms with Gasteiger partial charge in [0, 0.05) is 23.9 Å². The number of benzene rings is 3. The minimum Gasteiger partial charge on any atom is -0.332 e. The molecule has 0 saturated heterocycles. The molecule has 3 rings (SSSR count). The zero-order valence-electron chi connectivity index (χ0n) is 14.1. The van der Waals surface area contributed by atoms with Gasteiger partial charge in [-0.15, -0.1) is 0 Å². The van der Waals surface area contributed by atoms with Crippen molar-refractivity contribution in [1.29, 1.82) is 0 Å². The molecule has 0 heterocycles. The topological polar surface area (TPSA) is 84.3 Å². The molecule has 0 aliphatic carbocycles. The summed E-state index contributed by atoms with van der Waals surface area (Å²) in [7, 11) is 0. The number of anilines is 1. The summed E-state index contributed by atoms with van der Waals surface area (Å²) in [4.78, 5) is 22.1. The van der Waals surface area contributed by atoms with E-state index in [0.29, 0.717) is 5.56 Å². The van der Waals surface area contributed by atoms with Crippen LogP contribution >= 0.6 is 12.2 Å². The lowest BCUT2D eigenvalue weighted by Gasteiger charge is -2.09. The molecule has 0 radical (unpaired) electrons. The van der Waals surface area contributed by atoms with E-state index in [1.54, 1.807) is 18.2 Å². The van der Waals surface area contributed by atoms with Gasteiger partial charge in [0.15, 0.2) is 5.11 Å². The average Bonchev–Trinajstić information content (AvgIpc) is 2.66. The van der Waals surface area contributed by atoms with Crippen molar-refractivity contribution in [2.75, 3.05) is 5.32 Å². The number of nitro groups is 1. The number of nitro benzene ring substituents is 1. The van der Waals surface area contributed by atoms with Gasteiger partial charge in [0.1, 0.15) is 0 Å². The third-order valence-electron chi connectivity index (χ3n) is 3.78. The fraction of sp³-hybridized carbons (Fsp3) is 0. The number of non-ortho nitro benzene ring substituents is 1. The van der Waals surface area contributed by atoms with Crippen LogP contribution in [-0.4, -0.2) is 15.9 Å². The number of carbonyl (C=O) groups is 1. The van der Waals surface area contributed by atoms with Crippen LogP contribution in [0.4, 0.5) is 11.4 Å². The van der Waals surface area contributed by atoms with Crippen LogP contribution < -0.4 is 10.6 Å². The van der Waals surface area contributed by atoms with Gasteiger partial charge in [-0.2, -0.15) is 0 Å². The van der Waals surface area contributed by atoms with E-state index in [4.69, 9.17) is 12.2 Å². The maximum absolute atomic E-state index is 12.0. The van der Waals surface area contributed by atoms with Crippen molar-refractivity contribution in [2.24, 2.45) is 0 Å². The van der Waals surface area contributed by atoms with Gasteiger partial charge in [-0.05, 0) is 58.9 Å². The number of amides is 1. The summed E-state index contributed by atoms with van der Waals surface area (Å²) in [5.41, 5.74) is 1.44. The van der Waals surface area contributed by atoms with Crippen molar-refractivity contribution < 1.29 is 9.72 Å². The second kappa shape index (κ2) is 8.20. The highest BCUT2D eigenvalue weighted by atomic mass is 32.1. The van der Waals surface area contributed by atoms with Gasteiger partial charge >= 0.3 is 0 Å². The normalized spacial score (nSPS) is 10.7. The van der Waals surface area contributed by atoms with E-state index in [0.717, 1.165) is 16.5 Å². The molecule has 0 atom stereocenters. The van der Waals surface area contributed by atoms with Gasteiger partial charge in [-0.25, -0.2) is 0 Å². The van der Waals surface area contributed by atoms with Gasteiger partial charge in [0.2, 0.25) is 5.91 Å². The summed E-state index contributed by atoms with van der Waals surface area (Å²) in [6.07, 6.45) is 2.87. The van der Waals surface area contributed by atoms with Crippen molar-refractivity contribution >= 4 is 51.5 Å². The molecule has 0 aliphatic heterocycles. The SMILES string of the molecule is O=C(/C=C/c1ccc([N+](=O)[O-])cc1)NC(=S)Nc1ccc2ccccc2c1. The van der Waals surface area contributed by atoms with E-state index in [9.17, 15) is 14.9 Å². The molecule has 134 valence electrons. The molecule has 27 heavy (non-hydrogen) atoms. The maximum atomic E-state index is 12.0. The first-order valence-corrected chi connectivity index (χ1v) is 8.45. The molecule has 0 spiro atoms. The third kappa shape index (κ3) is 4.96. The number of hydrogen-bond acceptors (Lipinski definition) is 4. The number of hydrogen-bond donors (Lipinski definition) is 2. The first-order valence-electron chi connectivity index (χ1n) is 8.04. The summed E-state index contributed by atoms with van der Waals surface area (Å²) in [5, 5.41) is 18.5. The van der Waals surface area contributed by atoms with Crippen LogP contribution in [-0.2, 0) is 4.79 Å². The Bertz CT molecular complexity index is 1050. The number of fused-ring (bicyclic) bond motifs is 1. The smallest absolute Gasteiger partial charge is 0.269 e. The monoisotopic (exact) mass is 377 g/mol. The number of carbonyl (C=O) groups excluding carboxylic acids is 1. The molecule has 0 saturated carbocycles. The number of thiocarbonyl (C=S) groups is 1. The van der Waals surface area contributed by atoms with Crippen LogP contribution in [0.1, 0.15) is 5.56 Å². The van der Waals surface area contributed by atoms with Crippen molar-refractivity contribution in [2.45, 2.75) is 0 Å². The summed E-state index contributed by atoms with van der Waals surface area (Å²) in [6, 6.07) is 19.6. The standard InChI is InChI=1S/C20H15N3O3S/c24-19(12-7-14-5-10-18(11-6-14)23(25)26)22-20(27)21-17-9-8-15-3-1-2-4-16(15)13-17/h1-13H,(H2,21,22,24,27)/b12-7+. The maximum Gasteiger partial charge on any atom is 0.269 e. The lowest BCUT2D eigenvalue weighted by Crippen LogP contribution is -2.32. The minimum atomic E-state index is -0.475. The van der Waals surface area contributed by atoms with Gasteiger partial charge in [-0.1, -0.05) is 30.3 Å². The molecule has 1 amide bonds. The molecule has 0 aromatic heterocycles. The fourth-order valence-electron chi connectivity index (χ4n) is 2.46. The first-order chi connectivity index (χ1) is 13.0. The lowest BCUT2D eigenvalue weighted by atomic mass is 10.1. The largest absolute Gasteiger partial charge is 0.332 e. The van der Waals surface area contributed by atoms with Crippen LogP contribution in [0.3, 0.4) is 0 Å². The molecule has 2 N–H and O–H groups in total. The molecule has 3 aromatic carbocycles. The Hall–Kier alpha value is -3.58. The van der Waals surface area contributed by atoms with Gasteiger partial charge in [0.25, 0.3) is 5.69 Å². The fourth-order valence-corrected chi connectivity index (χ4v) is 2.68. The number of nitrogens with one attached hydrogen (secondary N) is 2. The number of rotatable bonds is 4. The van der Waals surface area contributed by atoms with E-state index in [-0.39, 0.29) is 10.8 Å². The Morgan fingerprint density at radius 2 is 1.70 bits per heavy atom. The molecule has 6 nitrogen and oxygen atoms in total. The van der Waals surface area contributed by atoms with E-state index in [2.05, 4.69) is 10.6 Å². The third-order valence-corrected chi connectivity index (χ3v) is 3.98. The van der Waals surface area contributed by atoms with Crippen LogP contribution in [0.5, 0.6) is 0 Å². The van der Waals surface area contributed by atoms with Gasteiger partial charge in [0.05, 0.1) is 4.92 Å². The van der Waals surface area contributed by atoms with Gasteiger partial charge < -0.3 is 5.32 Å². The Kier molecular flexibility index (Phi) is 5.53.